The standard InChI is InChI=1S/C12H13FN2/c13-8-4-2-6-10-11(8)7-3-1-5-9(14)12(7)15-10/h2,4,6,9,15H,1,3,5,14H2. The number of nitrogens with two attached hydrogens (primary N) is 1. The molecule has 0 amide bonds. The van der Waals surface area contributed by atoms with Gasteiger partial charge in [-0.15, -0.1) is 0 Å². The van der Waals surface area contributed by atoms with Gasteiger partial charge in [-0.25, -0.2) is 4.39 Å². The van der Waals surface area contributed by atoms with E-state index in [1.165, 1.54) is 6.07 Å². The molecular weight excluding hydrogens is 191 g/mol. The third kappa shape index (κ3) is 1.20. The number of nitrogens with one attached hydrogen (secondary N) is 1. The summed E-state index contributed by atoms with van der Waals surface area (Å²) in [5.74, 6) is -0.140. The molecule has 2 nitrogen and oxygen atoms in total. The first-order valence-electron chi connectivity index (χ1n) is 5.32. The summed E-state index contributed by atoms with van der Waals surface area (Å²) in [5, 5.41) is 0.739. The molecule has 1 aliphatic carbocycles. The first-order valence-corrected chi connectivity index (χ1v) is 5.32. The highest BCUT2D eigenvalue weighted by atomic mass is 19.1. The number of rotatable bonds is 0. The van der Waals surface area contributed by atoms with Crippen LogP contribution in [0.5, 0.6) is 0 Å². The number of benzene rings is 1. The Labute approximate surface area is 87.3 Å². The Bertz CT molecular complexity index is 516. The van der Waals surface area contributed by atoms with Crippen LogP contribution in [0.25, 0.3) is 10.9 Å². The van der Waals surface area contributed by atoms with Crippen LogP contribution in [0.2, 0.25) is 0 Å². The molecule has 78 valence electrons. The van der Waals surface area contributed by atoms with Crippen LogP contribution >= 0.6 is 0 Å². The van der Waals surface area contributed by atoms with E-state index in [1.807, 2.05) is 6.07 Å². The summed E-state index contributed by atoms with van der Waals surface area (Å²) in [5.41, 5.74) is 8.99. The van der Waals surface area contributed by atoms with Gasteiger partial charge < -0.3 is 10.7 Å². The molecule has 1 aromatic heterocycles. The average Bonchev–Trinajstić information content (AvgIpc) is 2.59. The molecule has 3 heteroatoms. The van der Waals surface area contributed by atoms with Crippen LogP contribution < -0.4 is 5.73 Å². The van der Waals surface area contributed by atoms with Gasteiger partial charge in [-0.2, -0.15) is 0 Å². The Hall–Kier alpha value is -1.35. The number of aromatic nitrogens is 1. The summed E-state index contributed by atoms with van der Waals surface area (Å²) >= 11 is 0. The van der Waals surface area contributed by atoms with Crippen molar-refractivity contribution in [2.75, 3.05) is 0 Å². The van der Waals surface area contributed by atoms with Crippen molar-refractivity contribution in [1.29, 1.82) is 0 Å². The Morgan fingerprint density at radius 3 is 3.13 bits per heavy atom. The lowest BCUT2D eigenvalue weighted by Gasteiger charge is -2.18. The highest BCUT2D eigenvalue weighted by molar-refractivity contribution is 5.85. The predicted octanol–water partition coefficient (Wildman–Crippen LogP) is 2.64. The maximum atomic E-state index is 13.7. The second kappa shape index (κ2) is 3.07. The molecule has 2 aromatic rings. The summed E-state index contributed by atoms with van der Waals surface area (Å²) in [6.45, 7) is 0. The van der Waals surface area contributed by atoms with E-state index in [0.717, 1.165) is 41.4 Å². The van der Waals surface area contributed by atoms with Crippen LogP contribution in [0.15, 0.2) is 18.2 Å². The molecule has 15 heavy (non-hydrogen) atoms. The molecular formula is C12H13FN2. The molecule has 0 bridgehead atoms. The average molecular weight is 204 g/mol. The van der Waals surface area contributed by atoms with E-state index < -0.39 is 0 Å². The normalized spacial score (nSPS) is 20.5. The van der Waals surface area contributed by atoms with Crippen molar-refractivity contribution >= 4 is 10.9 Å². The summed E-state index contributed by atoms with van der Waals surface area (Å²) in [6, 6.07) is 5.19. The second-order valence-corrected chi connectivity index (χ2v) is 4.18. The Morgan fingerprint density at radius 1 is 1.40 bits per heavy atom. The SMILES string of the molecule is NC1CCCc2c1[nH]c1cccc(F)c21. The molecule has 0 saturated carbocycles. The summed E-state index contributed by atoms with van der Waals surface area (Å²) in [4.78, 5) is 3.24. The van der Waals surface area contributed by atoms with Crippen LogP contribution in [0, 0.1) is 5.82 Å². The predicted molar refractivity (Wildman–Crippen MR) is 58.1 cm³/mol. The number of hydrogen-bond acceptors (Lipinski definition) is 1. The zero-order valence-electron chi connectivity index (χ0n) is 8.39. The second-order valence-electron chi connectivity index (χ2n) is 4.18. The molecule has 3 N–H and O–H groups in total. The van der Waals surface area contributed by atoms with Crippen LogP contribution in [0.3, 0.4) is 0 Å². The lowest BCUT2D eigenvalue weighted by Crippen LogP contribution is -2.16. The highest BCUT2D eigenvalue weighted by Crippen LogP contribution is 2.34. The number of aryl methyl sites for hydroxylation is 1. The fourth-order valence-corrected chi connectivity index (χ4v) is 2.51. The van der Waals surface area contributed by atoms with Crippen molar-refractivity contribution in [3.8, 4) is 0 Å². The van der Waals surface area contributed by atoms with Gasteiger partial charge in [0.1, 0.15) is 5.82 Å². The Morgan fingerprint density at radius 2 is 2.27 bits per heavy atom. The molecule has 0 fully saturated rings. The summed E-state index contributed by atoms with van der Waals surface area (Å²) in [6.07, 6.45) is 2.97. The molecule has 0 saturated heterocycles. The monoisotopic (exact) mass is 204 g/mol. The van der Waals surface area contributed by atoms with Gasteiger partial charge >= 0.3 is 0 Å². The topological polar surface area (TPSA) is 41.8 Å². The van der Waals surface area contributed by atoms with Crippen LogP contribution in [0.4, 0.5) is 4.39 Å². The maximum absolute atomic E-state index is 13.7. The minimum atomic E-state index is -0.140. The largest absolute Gasteiger partial charge is 0.357 e. The van der Waals surface area contributed by atoms with E-state index in [1.54, 1.807) is 6.07 Å². The fraction of sp³-hybridized carbons (Fsp3) is 0.333. The van der Waals surface area contributed by atoms with Crippen molar-refractivity contribution in [3.63, 3.8) is 0 Å². The first kappa shape index (κ1) is 8.92. The Kier molecular flexibility index (Phi) is 1.83. The zero-order chi connectivity index (χ0) is 10.4. The van der Waals surface area contributed by atoms with Crippen molar-refractivity contribution < 1.29 is 4.39 Å². The maximum Gasteiger partial charge on any atom is 0.132 e. The molecule has 1 unspecified atom stereocenters. The third-order valence-electron chi connectivity index (χ3n) is 3.22. The van der Waals surface area contributed by atoms with Crippen LogP contribution in [-0.2, 0) is 6.42 Å². The molecule has 0 radical (unpaired) electrons. The molecule has 0 spiro atoms. The van der Waals surface area contributed by atoms with E-state index in [4.69, 9.17) is 5.73 Å². The number of fused-ring (bicyclic) bond motifs is 3. The van der Waals surface area contributed by atoms with Crippen LogP contribution in [0.1, 0.15) is 30.1 Å². The van der Waals surface area contributed by atoms with E-state index >= 15 is 0 Å². The van der Waals surface area contributed by atoms with Gasteiger partial charge in [-0.1, -0.05) is 6.07 Å². The molecule has 1 atom stereocenters. The lowest BCUT2D eigenvalue weighted by atomic mass is 9.92. The molecule has 1 aromatic carbocycles. The minimum absolute atomic E-state index is 0.0422. The van der Waals surface area contributed by atoms with Crippen molar-refractivity contribution in [3.05, 3.63) is 35.3 Å². The lowest BCUT2D eigenvalue weighted by molar-refractivity contribution is 0.561. The number of halogens is 1. The van der Waals surface area contributed by atoms with E-state index in [-0.39, 0.29) is 11.9 Å². The summed E-state index contributed by atoms with van der Waals surface area (Å²) in [7, 11) is 0. The zero-order valence-corrected chi connectivity index (χ0v) is 8.39. The highest BCUT2D eigenvalue weighted by Gasteiger charge is 2.22. The van der Waals surface area contributed by atoms with Gasteiger partial charge in [0.2, 0.25) is 0 Å². The molecule has 1 heterocycles. The smallest absolute Gasteiger partial charge is 0.132 e. The van der Waals surface area contributed by atoms with Crippen molar-refractivity contribution in [2.24, 2.45) is 5.73 Å². The van der Waals surface area contributed by atoms with Crippen molar-refractivity contribution in [1.82, 2.24) is 4.98 Å². The van der Waals surface area contributed by atoms with Gasteiger partial charge in [-0.3, -0.25) is 0 Å². The fourth-order valence-electron chi connectivity index (χ4n) is 2.51. The van der Waals surface area contributed by atoms with Gasteiger partial charge in [0, 0.05) is 22.6 Å². The van der Waals surface area contributed by atoms with E-state index in [0.29, 0.717) is 0 Å². The quantitative estimate of drug-likeness (QED) is 0.680. The van der Waals surface area contributed by atoms with E-state index in [2.05, 4.69) is 4.98 Å². The number of aromatic amines is 1. The molecule has 0 aliphatic heterocycles. The number of H-pyrrole nitrogens is 1. The Balaban J connectivity index is 2.36. The van der Waals surface area contributed by atoms with Crippen molar-refractivity contribution in [2.45, 2.75) is 25.3 Å². The van der Waals surface area contributed by atoms with Gasteiger partial charge in [-0.05, 0) is 37.0 Å². The van der Waals surface area contributed by atoms with Crippen LogP contribution in [-0.4, -0.2) is 4.98 Å². The summed E-state index contributed by atoms with van der Waals surface area (Å²) < 4.78 is 13.7. The number of hydrogen-bond donors (Lipinski definition) is 2. The molecule has 3 rings (SSSR count). The third-order valence-corrected chi connectivity index (χ3v) is 3.22. The van der Waals surface area contributed by atoms with Gasteiger partial charge in [0.15, 0.2) is 0 Å². The van der Waals surface area contributed by atoms with Gasteiger partial charge in [0.25, 0.3) is 0 Å². The molecule has 1 aliphatic rings. The first-order chi connectivity index (χ1) is 7.27. The van der Waals surface area contributed by atoms with Gasteiger partial charge in [0.05, 0.1) is 0 Å². The minimum Gasteiger partial charge on any atom is -0.357 e. The van der Waals surface area contributed by atoms with E-state index in [9.17, 15) is 4.39 Å².